The van der Waals surface area contributed by atoms with E-state index in [1.807, 2.05) is 48.5 Å². The molecular formula is C18H21BrN2O2. The molecule has 0 saturated carbocycles. The van der Waals surface area contributed by atoms with Gasteiger partial charge in [0, 0.05) is 4.47 Å². The van der Waals surface area contributed by atoms with Gasteiger partial charge >= 0.3 is 6.03 Å². The summed E-state index contributed by atoms with van der Waals surface area (Å²) in [7, 11) is 0. The molecule has 23 heavy (non-hydrogen) atoms. The standard InChI is InChI=1S/C18H21BrN2O2/c1-12(2)14-8-4-7-11-17(14)23-13(3)20-18(22)21-16-10-6-5-9-15(16)19/h4-13H,1-3H3,(H2,20,21,22). The summed E-state index contributed by atoms with van der Waals surface area (Å²) in [5, 5.41) is 5.56. The molecule has 0 aliphatic carbocycles. The number of rotatable bonds is 5. The Balaban J connectivity index is 1.96. The molecule has 5 heteroatoms. The van der Waals surface area contributed by atoms with E-state index in [1.165, 1.54) is 0 Å². The Labute approximate surface area is 145 Å². The van der Waals surface area contributed by atoms with Gasteiger partial charge in [-0.3, -0.25) is 0 Å². The van der Waals surface area contributed by atoms with Gasteiger partial charge in [-0.25, -0.2) is 4.79 Å². The van der Waals surface area contributed by atoms with Crippen LogP contribution in [-0.4, -0.2) is 12.3 Å². The van der Waals surface area contributed by atoms with Gasteiger partial charge in [-0.1, -0.05) is 44.2 Å². The summed E-state index contributed by atoms with van der Waals surface area (Å²) in [5.74, 6) is 1.14. The molecule has 0 heterocycles. The number of halogens is 1. The number of urea groups is 1. The predicted molar refractivity (Wildman–Crippen MR) is 96.9 cm³/mol. The number of ether oxygens (including phenoxy) is 1. The van der Waals surface area contributed by atoms with Crippen molar-refractivity contribution in [3.05, 3.63) is 58.6 Å². The Morgan fingerprint density at radius 3 is 2.39 bits per heavy atom. The average molecular weight is 377 g/mol. The van der Waals surface area contributed by atoms with E-state index in [1.54, 1.807) is 6.92 Å². The van der Waals surface area contributed by atoms with Crippen molar-refractivity contribution in [2.24, 2.45) is 0 Å². The first-order valence-corrected chi connectivity index (χ1v) is 8.34. The largest absolute Gasteiger partial charge is 0.471 e. The molecule has 2 N–H and O–H groups in total. The maximum absolute atomic E-state index is 12.1. The average Bonchev–Trinajstić information content (AvgIpc) is 2.49. The van der Waals surface area contributed by atoms with Crippen LogP contribution in [0.25, 0.3) is 0 Å². The van der Waals surface area contributed by atoms with Crippen molar-refractivity contribution >= 4 is 27.6 Å². The van der Waals surface area contributed by atoms with Crippen molar-refractivity contribution in [2.75, 3.05) is 5.32 Å². The minimum atomic E-state index is -0.447. The van der Waals surface area contributed by atoms with E-state index in [0.717, 1.165) is 15.8 Å². The molecule has 2 aromatic rings. The molecule has 0 aliphatic rings. The van der Waals surface area contributed by atoms with Crippen molar-refractivity contribution in [3.8, 4) is 5.75 Å². The Kier molecular flexibility index (Phi) is 6.04. The molecule has 0 radical (unpaired) electrons. The van der Waals surface area contributed by atoms with Gasteiger partial charge in [-0.15, -0.1) is 0 Å². The fourth-order valence-corrected chi connectivity index (χ4v) is 2.57. The molecule has 122 valence electrons. The predicted octanol–water partition coefficient (Wildman–Crippen LogP) is 5.12. The summed E-state index contributed by atoms with van der Waals surface area (Å²) in [5.41, 5.74) is 1.83. The highest BCUT2D eigenvalue weighted by molar-refractivity contribution is 9.10. The molecule has 0 saturated heterocycles. The van der Waals surface area contributed by atoms with Crippen LogP contribution in [0.5, 0.6) is 5.75 Å². The van der Waals surface area contributed by atoms with Crippen LogP contribution in [0.15, 0.2) is 53.0 Å². The maximum atomic E-state index is 12.1. The van der Waals surface area contributed by atoms with Crippen LogP contribution < -0.4 is 15.4 Å². The van der Waals surface area contributed by atoms with Gasteiger partial charge in [0.1, 0.15) is 5.75 Å². The topological polar surface area (TPSA) is 50.4 Å². The molecule has 0 spiro atoms. The van der Waals surface area contributed by atoms with Crippen molar-refractivity contribution in [2.45, 2.75) is 32.9 Å². The zero-order valence-corrected chi connectivity index (χ0v) is 15.1. The van der Waals surface area contributed by atoms with Gasteiger partial charge < -0.3 is 15.4 Å². The van der Waals surface area contributed by atoms with Crippen molar-refractivity contribution < 1.29 is 9.53 Å². The van der Waals surface area contributed by atoms with E-state index in [4.69, 9.17) is 4.74 Å². The summed E-state index contributed by atoms with van der Waals surface area (Å²) in [6.45, 7) is 6.02. The SMILES string of the molecule is CC(NC(=O)Nc1ccccc1Br)Oc1ccccc1C(C)C. The Hall–Kier alpha value is -2.01. The fraction of sp³-hybridized carbons (Fsp3) is 0.278. The summed E-state index contributed by atoms with van der Waals surface area (Å²) >= 11 is 3.40. The second kappa shape index (κ2) is 8.02. The van der Waals surface area contributed by atoms with E-state index in [0.29, 0.717) is 11.6 Å². The van der Waals surface area contributed by atoms with E-state index < -0.39 is 6.23 Å². The van der Waals surface area contributed by atoms with Crippen molar-refractivity contribution in [3.63, 3.8) is 0 Å². The number of amides is 2. The zero-order chi connectivity index (χ0) is 16.8. The minimum absolute atomic E-state index is 0.313. The van der Waals surface area contributed by atoms with E-state index >= 15 is 0 Å². The highest BCUT2D eigenvalue weighted by Crippen LogP contribution is 2.26. The van der Waals surface area contributed by atoms with Crippen LogP contribution in [-0.2, 0) is 0 Å². The highest BCUT2D eigenvalue weighted by Gasteiger charge is 2.13. The zero-order valence-electron chi connectivity index (χ0n) is 13.5. The molecule has 2 aromatic carbocycles. The quantitative estimate of drug-likeness (QED) is 0.711. The third kappa shape index (κ3) is 4.99. The van der Waals surface area contributed by atoms with Gasteiger partial charge in [0.05, 0.1) is 5.69 Å². The van der Waals surface area contributed by atoms with Crippen LogP contribution in [0.4, 0.5) is 10.5 Å². The van der Waals surface area contributed by atoms with E-state index in [9.17, 15) is 4.79 Å². The number of anilines is 1. The monoisotopic (exact) mass is 376 g/mol. The molecule has 2 amide bonds. The first-order valence-electron chi connectivity index (χ1n) is 7.55. The number of benzene rings is 2. The normalized spacial score (nSPS) is 11.9. The highest BCUT2D eigenvalue weighted by atomic mass is 79.9. The number of nitrogens with one attached hydrogen (secondary N) is 2. The number of carbonyl (C=O) groups excluding carboxylic acids is 1. The third-order valence-corrected chi connectivity index (χ3v) is 3.99. The Bertz CT molecular complexity index is 674. The Morgan fingerprint density at radius 2 is 1.70 bits per heavy atom. The summed E-state index contributed by atoms with van der Waals surface area (Å²) < 4.78 is 6.69. The van der Waals surface area contributed by atoms with Gasteiger partial charge in [-0.2, -0.15) is 0 Å². The number of carbonyl (C=O) groups is 1. The molecule has 4 nitrogen and oxygen atoms in total. The molecule has 1 unspecified atom stereocenters. The molecule has 2 rings (SSSR count). The van der Waals surface area contributed by atoms with E-state index in [-0.39, 0.29) is 6.03 Å². The summed E-state index contributed by atoms with van der Waals surface area (Å²) in [6, 6.07) is 15.0. The molecular weight excluding hydrogens is 356 g/mol. The lowest BCUT2D eigenvalue weighted by atomic mass is 10.0. The van der Waals surface area contributed by atoms with Gasteiger partial charge in [-0.05, 0) is 52.5 Å². The van der Waals surface area contributed by atoms with Gasteiger partial charge in [0.2, 0.25) is 0 Å². The smallest absolute Gasteiger partial charge is 0.322 e. The van der Waals surface area contributed by atoms with E-state index in [2.05, 4.69) is 40.4 Å². The van der Waals surface area contributed by atoms with Gasteiger partial charge in [0.25, 0.3) is 0 Å². The first-order chi connectivity index (χ1) is 11.0. The third-order valence-electron chi connectivity index (χ3n) is 3.30. The molecule has 0 aliphatic heterocycles. The number of para-hydroxylation sites is 2. The molecule has 0 fully saturated rings. The fourth-order valence-electron chi connectivity index (χ4n) is 2.19. The van der Waals surface area contributed by atoms with Gasteiger partial charge in [0.15, 0.2) is 6.23 Å². The summed E-state index contributed by atoms with van der Waals surface area (Å²) in [4.78, 5) is 12.1. The van der Waals surface area contributed by atoms with Crippen LogP contribution in [0.3, 0.4) is 0 Å². The molecule has 0 bridgehead atoms. The van der Waals surface area contributed by atoms with Crippen LogP contribution >= 0.6 is 15.9 Å². The van der Waals surface area contributed by atoms with Crippen LogP contribution in [0.2, 0.25) is 0 Å². The van der Waals surface area contributed by atoms with Crippen LogP contribution in [0, 0.1) is 0 Å². The first kappa shape index (κ1) is 17.3. The number of hydrogen-bond donors (Lipinski definition) is 2. The lowest BCUT2D eigenvalue weighted by Crippen LogP contribution is -2.39. The maximum Gasteiger partial charge on any atom is 0.322 e. The second-order valence-corrected chi connectivity index (χ2v) is 6.39. The number of hydrogen-bond acceptors (Lipinski definition) is 2. The second-order valence-electron chi connectivity index (χ2n) is 5.53. The minimum Gasteiger partial charge on any atom is -0.471 e. The van der Waals surface area contributed by atoms with Crippen LogP contribution in [0.1, 0.15) is 32.3 Å². The van der Waals surface area contributed by atoms with Crippen molar-refractivity contribution in [1.82, 2.24) is 5.32 Å². The Morgan fingerprint density at radius 1 is 1.04 bits per heavy atom. The lowest BCUT2D eigenvalue weighted by Gasteiger charge is -2.20. The molecule has 1 atom stereocenters. The van der Waals surface area contributed by atoms with Crippen molar-refractivity contribution in [1.29, 1.82) is 0 Å². The molecule has 0 aromatic heterocycles. The lowest BCUT2D eigenvalue weighted by molar-refractivity contribution is 0.181. The summed E-state index contributed by atoms with van der Waals surface area (Å²) in [6.07, 6.45) is -0.447.